The van der Waals surface area contributed by atoms with Gasteiger partial charge >= 0.3 is 17.9 Å². The molecule has 19 heavy (non-hydrogen) atoms. The van der Waals surface area contributed by atoms with Crippen LogP contribution in [0.15, 0.2) is 0 Å². The standard InChI is InChI=1S/C6H13NO2S.C5H9NO3/c1-9-6(8)5(7)3-4-10-2;1-3(6)5(8)9-4(2)7/h5H,3-4,7H2,1-2H3;3H,6H2,1-2H3/t5-;3-/m00/s1. The molecule has 2 atom stereocenters. The Bertz CT molecular complexity index is 297. The van der Waals surface area contributed by atoms with Crippen LogP contribution in [0.1, 0.15) is 20.3 Å². The van der Waals surface area contributed by atoms with Crippen LogP contribution in [0.4, 0.5) is 0 Å². The van der Waals surface area contributed by atoms with Crippen LogP contribution >= 0.6 is 11.8 Å². The van der Waals surface area contributed by atoms with Crippen LogP contribution in [0.3, 0.4) is 0 Å². The smallest absolute Gasteiger partial charge is 0.330 e. The van der Waals surface area contributed by atoms with Crippen LogP contribution in [0, 0.1) is 0 Å². The van der Waals surface area contributed by atoms with E-state index in [1.54, 1.807) is 11.8 Å². The van der Waals surface area contributed by atoms with Crippen molar-refractivity contribution < 1.29 is 23.9 Å². The Balaban J connectivity index is 0. The second-order valence-corrected chi connectivity index (χ2v) is 4.60. The van der Waals surface area contributed by atoms with E-state index < -0.39 is 24.0 Å². The van der Waals surface area contributed by atoms with E-state index in [-0.39, 0.29) is 5.97 Å². The topological polar surface area (TPSA) is 122 Å². The summed E-state index contributed by atoms with van der Waals surface area (Å²) in [6.45, 7) is 2.60. The molecule has 112 valence electrons. The van der Waals surface area contributed by atoms with E-state index in [0.717, 1.165) is 12.7 Å². The number of carbonyl (C=O) groups is 3. The molecule has 0 aliphatic heterocycles. The summed E-state index contributed by atoms with van der Waals surface area (Å²) in [6.07, 6.45) is 2.66. The maximum Gasteiger partial charge on any atom is 0.330 e. The quantitative estimate of drug-likeness (QED) is 0.522. The van der Waals surface area contributed by atoms with Gasteiger partial charge in [0.25, 0.3) is 0 Å². The third-order valence-corrected chi connectivity index (χ3v) is 2.40. The number of nitrogens with two attached hydrogens (primary N) is 2. The molecule has 0 saturated heterocycles. The lowest BCUT2D eigenvalue weighted by Crippen LogP contribution is -2.31. The van der Waals surface area contributed by atoms with Crippen molar-refractivity contribution in [1.29, 1.82) is 0 Å². The highest BCUT2D eigenvalue weighted by Crippen LogP contribution is 1.99. The molecule has 0 amide bonds. The minimum absolute atomic E-state index is 0.325. The molecule has 8 heteroatoms. The van der Waals surface area contributed by atoms with Gasteiger partial charge in [0.2, 0.25) is 0 Å². The van der Waals surface area contributed by atoms with E-state index in [9.17, 15) is 14.4 Å². The number of ether oxygens (including phenoxy) is 2. The summed E-state index contributed by atoms with van der Waals surface area (Å²) >= 11 is 1.67. The van der Waals surface area contributed by atoms with Gasteiger partial charge in [-0.05, 0) is 25.4 Å². The van der Waals surface area contributed by atoms with Crippen molar-refractivity contribution in [3.63, 3.8) is 0 Å². The molecule has 0 unspecified atom stereocenters. The molecule has 0 heterocycles. The van der Waals surface area contributed by atoms with Crippen LogP contribution in [-0.2, 0) is 23.9 Å². The van der Waals surface area contributed by atoms with Crippen molar-refractivity contribution >= 4 is 29.7 Å². The largest absolute Gasteiger partial charge is 0.468 e. The van der Waals surface area contributed by atoms with Crippen LogP contribution in [0.2, 0.25) is 0 Å². The highest BCUT2D eigenvalue weighted by molar-refractivity contribution is 7.98. The molecular weight excluding hydrogens is 272 g/mol. The van der Waals surface area contributed by atoms with Crippen molar-refractivity contribution in [1.82, 2.24) is 0 Å². The van der Waals surface area contributed by atoms with Gasteiger partial charge in [-0.15, -0.1) is 0 Å². The first-order chi connectivity index (χ1) is 8.76. The Morgan fingerprint density at radius 3 is 2.00 bits per heavy atom. The van der Waals surface area contributed by atoms with Crippen molar-refractivity contribution in [2.45, 2.75) is 32.4 Å². The van der Waals surface area contributed by atoms with Crippen LogP contribution in [-0.4, -0.2) is 49.1 Å². The van der Waals surface area contributed by atoms with Gasteiger partial charge in [0.15, 0.2) is 0 Å². The molecule has 0 aliphatic rings. The van der Waals surface area contributed by atoms with Crippen molar-refractivity contribution in [3.8, 4) is 0 Å². The molecule has 0 saturated carbocycles. The normalized spacial score (nSPS) is 12.5. The van der Waals surface area contributed by atoms with E-state index in [4.69, 9.17) is 11.5 Å². The number of methoxy groups -OCH3 is 1. The zero-order valence-electron chi connectivity index (χ0n) is 11.7. The Morgan fingerprint density at radius 1 is 1.21 bits per heavy atom. The zero-order valence-corrected chi connectivity index (χ0v) is 12.5. The lowest BCUT2D eigenvalue weighted by molar-refractivity contribution is -0.158. The number of hydrogen-bond donors (Lipinski definition) is 2. The molecule has 0 aromatic rings. The van der Waals surface area contributed by atoms with Gasteiger partial charge in [0.1, 0.15) is 12.1 Å². The summed E-state index contributed by atoms with van der Waals surface area (Å²) in [5.41, 5.74) is 10.5. The number of carbonyl (C=O) groups excluding carboxylic acids is 3. The minimum atomic E-state index is -0.728. The number of esters is 3. The summed E-state index contributed by atoms with van der Waals surface area (Å²) in [5, 5.41) is 0. The van der Waals surface area contributed by atoms with Gasteiger partial charge in [-0.25, -0.2) is 4.79 Å². The Labute approximate surface area is 117 Å². The van der Waals surface area contributed by atoms with Crippen molar-refractivity contribution in [3.05, 3.63) is 0 Å². The average molecular weight is 294 g/mol. The molecule has 0 aliphatic carbocycles. The molecule has 4 N–H and O–H groups in total. The maximum absolute atomic E-state index is 10.7. The first-order valence-corrected chi connectivity index (χ1v) is 6.95. The van der Waals surface area contributed by atoms with Gasteiger partial charge in [-0.2, -0.15) is 11.8 Å². The SMILES string of the molecule is CC(=O)OC(=O)[C@H](C)N.COC(=O)[C@@H](N)CCSC. The Kier molecular flexibility index (Phi) is 12.7. The summed E-state index contributed by atoms with van der Waals surface area (Å²) in [6, 6.07) is -1.17. The minimum Gasteiger partial charge on any atom is -0.468 e. The van der Waals surface area contributed by atoms with Crippen LogP contribution < -0.4 is 11.5 Å². The maximum atomic E-state index is 10.7. The second kappa shape index (κ2) is 11.9. The fraction of sp³-hybridized carbons (Fsp3) is 0.727. The highest BCUT2D eigenvalue weighted by atomic mass is 32.2. The van der Waals surface area contributed by atoms with E-state index in [2.05, 4.69) is 9.47 Å². The molecule has 0 radical (unpaired) electrons. The van der Waals surface area contributed by atoms with Gasteiger partial charge in [0, 0.05) is 6.92 Å². The van der Waals surface area contributed by atoms with E-state index in [0.29, 0.717) is 6.42 Å². The lowest BCUT2D eigenvalue weighted by atomic mass is 10.2. The van der Waals surface area contributed by atoms with E-state index >= 15 is 0 Å². The second-order valence-electron chi connectivity index (χ2n) is 3.61. The number of rotatable bonds is 5. The van der Waals surface area contributed by atoms with Gasteiger partial charge in [-0.3, -0.25) is 9.59 Å². The fourth-order valence-corrected chi connectivity index (χ4v) is 1.24. The fourth-order valence-electron chi connectivity index (χ4n) is 0.749. The molecule has 7 nitrogen and oxygen atoms in total. The van der Waals surface area contributed by atoms with Crippen LogP contribution in [0.25, 0.3) is 0 Å². The molecular formula is C11H22N2O5S. The first kappa shape index (κ1) is 20.2. The molecule has 0 aromatic carbocycles. The lowest BCUT2D eigenvalue weighted by Gasteiger charge is -2.06. The monoisotopic (exact) mass is 294 g/mol. The molecule has 0 bridgehead atoms. The van der Waals surface area contributed by atoms with E-state index in [1.165, 1.54) is 14.0 Å². The van der Waals surface area contributed by atoms with Crippen LogP contribution in [0.5, 0.6) is 0 Å². The molecule has 0 spiro atoms. The Hall–Kier alpha value is -1.12. The number of hydrogen-bond acceptors (Lipinski definition) is 8. The zero-order chi connectivity index (χ0) is 15.4. The average Bonchev–Trinajstić information content (AvgIpc) is 2.34. The predicted octanol–water partition coefficient (Wildman–Crippen LogP) is -0.337. The van der Waals surface area contributed by atoms with Crippen molar-refractivity contribution in [2.24, 2.45) is 11.5 Å². The Morgan fingerprint density at radius 2 is 1.74 bits per heavy atom. The third kappa shape index (κ3) is 13.1. The number of thioether (sulfide) groups is 1. The summed E-state index contributed by atoms with van der Waals surface area (Å²) < 4.78 is 8.54. The van der Waals surface area contributed by atoms with Crippen molar-refractivity contribution in [2.75, 3.05) is 19.1 Å². The molecule has 0 aromatic heterocycles. The molecule has 0 fully saturated rings. The third-order valence-electron chi connectivity index (χ3n) is 1.75. The van der Waals surface area contributed by atoms with Gasteiger partial charge < -0.3 is 20.9 Å². The van der Waals surface area contributed by atoms with E-state index in [1.807, 2.05) is 6.26 Å². The summed E-state index contributed by atoms with van der Waals surface area (Å²) in [7, 11) is 1.35. The van der Waals surface area contributed by atoms with Gasteiger partial charge in [0.05, 0.1) is 7.11 Å². The summed E-state index contributed by atoms with van der Waals surface area (Å²) in [4.78, 5) is 31.1. The van der Waals surface area contributed by atoms with Gasteiger partial charge in [-0.1, -0.05) is 0 Å². The summed E-state index contributed by atoms with van der Waals surface area (Å²) in [5.74, 6) is -0.746. The predicted molar refractivity (Wildman–Crippen MR) is 73.4 cm³/mol. The molecule has 0 rings (SSSR count). The highest BCUT2D eigenvalue weighted by Gasteiger charge is 2.11. The first-order valence-electron chi connectivity index (χ1n) is 5.56.